The van der Waals surface area contributed by atoms with Crippen LogP contribution in [-0.4, -0.2) is 31.1 Å². The Bertz CT molecular complexity index is 899. The molecule has 1 N–H and O–H groups in total. The SMILES string of the molecule is Cc1nccc(N2CCCCC2c2cc(=O)n3[nH]ccc3n2)n1. The summed E-state index contributed by atoms with van der Waals surface area (Å²) in [5.74, 6) is 1.65. The van der Waals surface area contributed by atoms with E-state index in [1.165, 1.54) is 4.52 Å². The third-order valence-corrected chi connectivity index (χ3v) is 4.30. The number of nitrogens with zero attached hydrogens (tertiary/aromatic N) is 5. The van der Waals surface area contributed by atoms with E-state index in [-0.39, 0.29) is 11.6 Å². The van der Waals surface area contributed by atoms with Gasteiger partial charge in [-0.15, -0.1) is 0 Å². The molecule has 3 aromatic rings. The van der Waals surface area contributed by atoms with Gasteiger partial charge < -0.3 is 4.90 Å². The Balaban J connectivity index is 1.78. The van der Waals surface area contributed by atoms with E-state index in [9.17, 15) is 4.79 Å². The highest BCUT2D eigenvalue weighted by Crippen LogP contribution is 2.32. The van der Waals surface area contributed by atoms with Crippen LogP contribution in [0, 0.1) is 6.92 Å². The van der Waals surface area contributed by atoms with E-state index in [1.807, 2.05) is 19.1 Å². The fourth-order valence-corrected chi connectivity index (χ4v) is 3.23. The molecule has 0 spiro atoms. The van der Waals surface area contributed by atoms with E-state index in [0.717, 1.165) is 43.1 Å². The van der Waals surface area contributed by atoms with E-state index in [4.69, 9.17) is 0 Å². The number of hydrogen-bond donors (Lipinski definition) is 1. The number of aromatic nitrogens is 5. The quantitative estimate of drug-likeness (QED) is 0.781. The van der Waals surface area contributed by atoms with Crippen LogP contribution >= 0.6 is 0 Å². The highest BCUT2D eigenvalue weighted by atomic mass is 16.1. The largest absolute Gasteiger partial charge is 0.348 e. The second-order valence-corrected chi connectivity index (χ2v) is 5.84. The van der Waals surface area contributed by atoms with Crippen molar-refractivity contribution in [2.75, 3.05) is 11.4 Å². The number of fused-ring (bicyclic) bond motifs is 1. The lowest BCUT2D eigenvalue weighted by Crippen LogP contribution is -2.35. The lowest BCUT2D eigenvalue weighted by atomic mass is 9.99. The van der Waals surface area contributed by atoms with Gasteiger partial charge in [0.2, 0.25) is 0 Å². The molecule has 0 aliphatic carbocycles. The number of aromatic amines is 1. The lowest BCUT2D eigenvalue weighted by Gasteiger charge is -2.36. The molecule has 7 nitrogen and oxygen atoms in total. The van der Waals surface area contributed by atoms with Gasteiger partial charge in [0.25, 0.3) is 5.56 Å². The summed E-state index contributed by atoms with van der Waals surface area (Å²) in [7, 11) is 0. The average molecular weight is 310 g/mol. The molecule has 0 bridgehead atoms. The first-order chi connectivity index (χ1) is 11.2. The van der Waals surface area contributed by atoms with Crippen molar-refractivity contribution < 1.29 is 0 Å². The molecule has 1 aliphatic rings. The minimum Gasteiger partial charge on any atom is -0.348 e. The molecule has 1 fully saturated rings. The predicted octanol–water partition coefficient (Wildman–Crippen LogP) is 1.85. The molecule has 1 aliphatic heterocycles. The van der Waals surface area contributed by atoms with Crippen LogP contribution in [0.5, 0.6) is 0 Å². The molecule has 3 aromatic heterocycles. The fourth-order valence-electron chi connectivity index (χ4n) is 3.23. The summed E-state index contributed by atoms with van der Waals surface area (Å²) >= 11 is 0. The molecule has 0 aromatic carbocycles. The highest BCUT2D eigenvalue weighted by Gasteiger charge is 2.27. The summed E-state index contributed by atoms with van der Waals surface area (Å²) < 4.78 is 1.45. The Morgan fingerprint density at radius 2 is 2.17 bits per heavy atom. The number of anilines is 1. The minimum atomic E-state index is -0.0839. The summed E-state index contributed by atoms with van der Waals surface area (Å²) in [4.78, 5) is 27.9. The van der Waals surface area contributed by atoms with Crippen molar-refractivity contribution in [1.82, 2.24) is 24.6 Å². The predicted molar refractivity (Wildman–Crippen MR) is 86.5 cm³/mol. The molecule has 0 radical (unpaired) electrons. The van der Waals surface area contributed by atoms with Gasteiger partial charge in [-0.1, -0.05) is 0 Å². The molecule has 4 rings (SSSR count). The Kier molecular flexibility index (Phi) is 3.33. The second-order valence-electron chi connectivity index (χ2n) is 5.84. The Morgan fingerprint density at radius 1 is 1.26 bits per heavy atom. The maximum atomic E-state index is 12.2. The first-order valence-corrected chi connectivity index (χ1v) is 7.86. The van der Waals surface area contributed by atoms with Gasteiger partial charge in [0.05, 0.1) is 11.7 Å². The van der Waals surface area contributed by atoms with Crippen molar-refractivity contribution in [3.63, 3.8) is 0 Å². The topological polar surface area (TPSA) is 79.2 Å². The van der Waals surface area contributed by atoms with Gasteiger partial charge in [-0.05, 0) is 32.3 Å². The number of piperidine rings is 1. The first kappa shape index (κ1) is 13.9. The molecular weight excluding hydrogens is 292 g/mol. The zero-order valence-corrected chi connectivity index (χ0v) is 12.9. The standard InChI is InChI=1S/C16H18N6O/c1-11-17-7-5-14(19-11)21-9-3-2-4-13(21)12-10-16(23)22-15(20-12)6-8-18-22/h5-8,10,13,18H,2-4,9H2,1H3. The van der Waals surface area contributed by atoms with E-state index in [0.29, 0.717) is 5.65 Å². The molecule has 7 heteroatoms. The summed E-state index contributed by atoms with van der Waals surface area (Å²) in [5.41, 5.74) is 1.38. The molecule has 1 atom stereocenters. The van der Waals surface area contributed by atoms with Crippen LogP contribution in [0.2, 0.25) is 0 Å². The fraction of sp³-hybridized carbons (Fsp3) is 0.375. The van der Waals surface area contributed by atoms with Gasteiger partial charge >= 0.3 is 0 Å². The normalized spacial score (nSPS) is 18.5. The van der Waals surface area contributed by atoms with Crippen LogP contribution in [0.15, 0.2) is 35.4 Å². The van der Waals surface area contributed by atoms with Crippen LogP contribution in [-0.2, 0) is 0 Å². The number of rotatable bonds is 2. The lowest BCUT2D eigenvalue weighted by molar-refractivity contribution is 0.461. The highest BCUT2D eigenvalue weighted by molar-refractivity contribution is 5.43. The van der Waals surface area contributed by atoms with Crippen LogP contribution in [0.4, 0.5) is 5.82 Å². The number of hydrogen-bond acceptors (Lipinski definition) is 5. The number of H-pyrrole nitrogens is 1. The molecule has 0 saturated carbocycles. The molecule has 4 heterocycles. The summed E-state index contributed by atoms with van der Waals surface area (Å²) in [6, 6.07) is 5.44. The van der Waals surface area contributed by atoms with E-state index < -0.39 is 0 Å². The van der Waals surface area contributed by atoms with Gasteiger partial charge in [-0.3, -0.25) is 9.89 Å². The Labute approximate surface area is 133 Å². The number of nitrogens with one attached hydrogen (secondary N) is 1. The maximum absolute atomic E-state index is 12.2. The van der Waals surface area contributed by atoms with E-state index in [2.05, 4.69) is 25.0 Å². The maximum Gasteiger partial charge on any atom is 0.272 e. The Hall–Kier alpha value is -2.70. The molecule has 0 amide bonds. The van der Waals surface area contributed by atoms with E-state index >= 15 is 0 Å². The molecule has 23 heavy (non-hydrogen) atoms. The van der Waals surface area contributed by atoms with Crippen molar-refractivity contribution in [3.8, 4) is 0 Å². The summed E-state index contributed by atoms with van der Waals surface area (Å²) in [6.45, 7) is 2.80. The second kappa shape index (κ2) is 5.49. The van der Waals surface area contributed by atoms with Crippen LogP contribution < -0.4 is 10.5 Å². The summed E-state index contributed by atoms with van der Waals surface area (Å²) in [6.07, 6.45) is 6.71. The third-order valence-electron chi connectivity index (χ3n) is 4.30. The zero-order valence-electron chi connectivity index (χ0n) is 12.9. The monoisotopic (exact) mass is 310 g/mol. The van der Waals surface area contributed by atoms with Gasteiger partial charge in [0.15, 0.2) is 5.65 Å². The van der Waals surface area contributed by atoms with E-state index in [1.54, 1.807) is 18.5 Å². The van der Waals surface area contributed by atoms with Crippen LogP contribution in [0.1, 0.15) is 36.8 Å². The van der Waals surface area contributed by atoms with Gasteiger partial charge in [0, 0.05) is 31.1 Å². The molecule has 118 valence electrons. The minimum absolute atomic E-state index is 0.0747. The zero-order chi connectivity index (χ0) is 15.8. The van der Waals surface area contributed by atoms with Crippen molar-refractivity contribution >= 4 is 11.5 Å². The van der Waals surface area contributed by atoms with Crippen molar-refractivity contribution in [1.29, 1.82) is 0 Å². The van der Waals surface area contributed by atoms with Crippen molar-refractivity contribution in [2.24, 2.45) is 0 Å². The van der Waals surface area contributed by atoms with Gasteiger partial charge in [-0.2, -0.15) is 0 Å². The third kappa shape index (κ3) is 2.48. The molecule has 1 unspecified atom stereocenters. The molecular formula is C16H18N6O. The van der Waals surface area contributed by atoms with Gasteiger partial charge in [-0.25, -0.2) is 19.5 Å². The smallest absolute Gasteiger partial charge is 0.272 e. The molecule has 1 saturated heterocycles. The first-order valence-electron chi connectivity index (χ1n) is 7.86. The van der Waals surface area contributed by atoms with Crippen LogP contribution in [0.25, 0.3) is 5.65 Å². The van der Waals surface area contributed by atoms with Gasteiger partial charge in [0.1, 0.15) is 11.6 Å². The average Bonchev–Trinajstić information content (AvgIpc) is 3.04. The summed E-state index contributed by atoms with van der Waals surface area (Å²) in [5, 5.41) is 2.88. The Morgan fingerprint density at radius 3 is 3.04 bits per heavy atom. The van der Waals surface area contributed by atoms with Crippen molar-refractivity contribution in [3.05, 3.63) is 52.5 Å². The number of aryl methyl sites for hydroxylation is 1. The van der Waals surface area contributed by atoms with Crippen LogP contribution in [0.3, 0.4) is 0 Å². The van der Waals surface area contributed by atoms with Crippen molar-refractivity contribution in [2.45, 2.75) is 32.2 Å².